The van der Waals surface area contributed by atoms with Crippen LogP contribution in [0.15, 0.2) is 0 Å². The second-order valence-corrected chi connectivity index (χ2v) is 5.90. The molecule has 0 aliphatic carbocycles. The van der Waals surface area contributed by atoms with Gasteiger partial charge in [-0.25, -0.2) is 4.79 Å². The maximum atomic E-state index is 12.9. The number of nitrogens with one attached hydrogen (secondary N) is 1. The van der Waals surface area contributed by atoms with Gasteiger partial charge in [0.05, 0.1) is 12.2 Å². The maximum absolute atomic E-state index is 12.9. The fourth-order valence-corrected chi connectivity index (χ4v) is 3.31. The van der Waals surface area contributed by atoms with E-state index < -0.39 is 0 Å². The van der Waals surface area contributed by atoms with E-state index in [-0.39, 0.29) is 11.9 Å². The highest BCUT2D eigenvalue weighted by Crippen LogP contribution is 2.25. The Balaban J connectivity index is 2.30. The Morgan fingerprint density at radius 1 is 1.27 bits per heavy atom. The third-order valence-corrected chi connectivity index (χ3v) is 4.49. The van der Waals surface area contributed by atoms with Gasteiger partial charge in [0.15, 0.2) is 0 Å². The summed E-state index contributed by atoms with van der Waals surface area (Å²) in [5, 5.41) is 0. The maximum Gasteiger partial charge on any atom is 0.340 e. The molecule has 2 rings (SSSR count). The number of ether oxygens (including phenoxy) is 1. The molecule has 0 aromatic carbocycles. The van der Waals surface area contributed by atoms with E-state index in [4.69, 9.17) is 4.74 Å². The second-order valence-electron chi connectivity index (χ2n) is 5.90. The van der Waals surface area contributed by atoms with Crippen molar-refractivity contribution in [1.29, 1.82) is 0 Å². The van der Waals surface area contributed by atoms with Crippen LogP contribution >= 0.6 is 0 Å². The number of aromatic nitrogens is 1. The number of carbonyl (C=O) groups is 2. The van der Waals surface area contributed by atoms with Gasteiger partial charge in [-0.3, -0.25) is 4.79 Å². The molecular weight excluding hydrogens is 280 g/mol. The lowest BCUT2D eigenvalue weighted by molar-refractivity contribution is 0.0525. The first-order chi connectivity index (χ1) is 10.5. The zero-order chi connectivity index (χ0) is 16.3. The number of carbonyl (C=O) groups excluding carboxylic acids is 2. The monoisotopic (exact) mass is 306 g/mol. The molecule has 22 heavy (non-hydrogen) atoms. The van der Waals surface area contributed by atoms with Gasteiger partial charge in [-0.1, -0.05) is 6.92 Å². The number of piperidine rings is 1. The van der Waals surface area contributed by atoms with Crippen LogP contribution in [0.5, 0.6) is 0 Å². The Bertz CT molecular complexity index is 562. The van der Waals surface area contributed by atoms with Crippen LogP contribution in [0.3, 0.4) is 0 Å². The number of hydrogen-bond donors (Lipinski definition) is 1. The molecular formula is C17H26N2O3. The van der Waals surface area contributed by atoms with E-state index in [1.807, 2.05) is 18.7 Å². The number of nitrogens with zero attached hydrogens (tertiary/aromatic N) is 1. The summed E-state index contributed by atoms with van der Waals surface area (Å²) in [6, 6.07) is 0.301. The molecule has 1 N–H and O–H groups in total. The second kappa shape index (κ2) is 6.99. The standard InChI is InChI=1S/C17H26N2O3/c1-5-13-9-7-8-10-19(13)16(20)15-11(3)14(12(4)18-15)17(21)22-6-2/h13,18H,5-10H2,1-4H3. The number of H-pyrrole nitrogens is 1. The number of aromatic amines is 1. The van der Waals surface area contributed by atoms with Gasteiger partial charge in [0.2, 0.25) is 0 Å². The zero-order valence-corrected chi connectivity index (χ0v) is 14.0. The topological polar surface area (TPSA) is 62.4 Å². The Hall–Kier alpha value is -1.78. The van der Waals surface area contributed by atoms with E-state index in [0.29, 0.717) is 35.2 Å². The van der Waals surface area contributed by atoms with Crippen molar-refractivity contribution in [3.05, 3.63) is 22.5 Å². The van der Waals surface area contributed by atoms with Crippen molar-refractivity contribution < 1.29 is 14.3 Å². The minimum absolute atomic E-state index is 0.00250. The molecule has 1 unspecified atom stereocenters. The summed E-state index contributed by atoms with van der Waals surface area (Å²) in [5.41, 5.74) is 2.42. The van der Waals surface area contributed by atoms with Crippen LogP contribution in [0.1, 0.15) is 71.6 Å². The highest BCUT2D eigenvalue weighted by Gasteiger charge is 2.30. The quantitative estimate of drug-likeness (QED) is 0.869. The molecule has 2 heterocycles. The highest BCUT2D eigenvalue weighted by atomic mass is 16.5. The van der Waals surface area contributed by atoms with Gasteiger partial charge in [-0.05, 0) is 52.0 Å². The molecule has 0 bridgehead atoms. The van der Waals surface area contributed by atoms with E-state index in [1.165, 1.54) is 6.42 Å². The van der Waals surface area contributed by atoms with E-state index in [1.54, 1.807) is 6.92 Å². The van der Waals surface area contributed by atoms with Crippen LogP contribution in [0.2, 0.25) is 0 Å². The molecule has 1 aliphatic rings. The summed E-state index contributed by atoms with van der Waals surface area (Å²) in [5.74, 6) is -0.360. The van der Waals surface area contributed by atoms with Crippen molar-refractivity contribution in [3.63, 3.8) is 0 Å². The molecule has 1 fully saturated rings. The number of hydrogen-bond acceptors (Lipinski definition) is 3. The van der Waals surface area contributed by atoms with Gasteiger partial charge in [0.1, 0.15) is 5.69 Å². The predicted octanol–water partition coefficient (Wildman–Crippen LogP) is 3.21. The van der Waals surface area contributed by atoms with E-state index in [0.717, 1.165) is 25.8 Å². The molecule has 5 heteroatoms. The predicted molar refractivity (Wildman–Crippen MR) is 85.2 cm³/mol. The Morgan fingerprint density at radius 2 is 2.00 bits per heavy atom. The smallest absolute Gasteiger partial charge is 0.340 e. The van der Waals surface area contributed by atoms with Crippen molar-refractivity contribution >= 4 is 11.9 Å². The highest BCUT2D eigenvalue weighted by molar-refractivity contribution is 6.00. The lowest BCUT2D eigenvalue weighted by atomic mass is 9.99. The molecule has 1 saturated heterocycles. The average Bonchev–Trinajstić information content (AvgIpc) is 2.81. The summed E-state index contributed by atoms with van der Waals surface area (Å²) in [6.45, 7) is 8.64. The molecule has 1 aromatic rings. The van der Waals surface area contributed by atoms with Gasteiger partial charge in [0, 0.05) is 18.3 Å². The molecule has 0 saturated carbocycles. The van der Waals surface area contributed by atoms with E-state index >= 15 is 0 Å². The number of amides is 1. The van der Waals surface area contributed by atoms with Crippen molar-refractivity contribution in [2.75, 3.05) is 13.2 Å². The lowest BCUT2D eigenvalue weighted by Crippen LogP contribution is -2.43. The third kappa shape index (κ3) is 3.03. The molecule has 122 valence electrons. The Morgan fingerprint density at radius 3 is 2.64 bits per heavy atom. The lowest BCUT2D eigenvalue weighted by Gasteiger charge is -2.35. The molecule has 1 aromatic heterocycles. The number of aryl methyl sites for hydroxylation is 1. The molecule has 5 nitrogen and oxygen atoms in total. The zero-order valence-electron chi connectivity index (χ0n) is 14.0. The van der Waals surface area contributed by atoms with Gasteiger partial charge >= 0.3 is 5.97 Å². The summed E-state index contributed by atoms with van der Waals surface area (Å²) in [4.78, 5) is 30.0. The van der Waals surface area contributed by atoms with Crippen LogP contribution < -0.4 is 0 Å². The first-order valence-corrected chi connectivity index (χ1v) is 8.18. The number of rotatable bonds is 4. The van der Waals surface area contributed by atoms with Gasteiger partial charge in [-0.15, -0.1) is 0 Å². The minimum atomic E-state index is -0.363. The van der Waals surface area contributed by atoms with Gasteiger partial charge in [0.25, 0.3) is 5.91 Å². The van der Waals surface area contributed by atoms with Crippen LogP contribution in [0.4, 0.5) is 0 Å². The van der Waals surface area contributed by atoms with E-state index in [2.05, 4.69) is 11.9 Å². The Kier molecular flexibility index (Phi) is 5.27. The molecule has 1 amide bonds. The first kappa shape index (κ1) is 16.6. The van der Waals surface area contributed by atoms with Crippen molar-refractivity contribution in [3.8, 4) is 0 Å². The van der Waals surface area contributed by atoms with Crippen molar-refractivity contribution in [2.24, 2.45) is 0 Å². The van der Waals surface area contributed by atoms with E-state index in [9.17, 15) is 9.59 Å². The molecule has 0 spiro atoms. The molecule has 1 aliphatic heterocycles. The van der Waals surface area contributed by atoms with Gasteiger partial charge < -0.3 is 14.6 Å². The summed E-state index contributed by atoms with van der Waals surface area (Å²) >= 11 is 0. The normalized spacial score (nSPS) is 18.4. The minimum Gasteiger partial charge on any atom is -0.462 e. The molecule has 1 atom stereocenters. The summed E-state index contributed by atoms with van der Waals surface area (Å²) in [6.07, 6.45) is 4.26. The third-order valence-electron chi connectivity index (χ3n) is 4.49. The van der Waals surface area contributed by atoms with Crippen LogP contribution in [0, 0.1) is 13.8 Å². The summed E-state index contributed by atoms with van der Waals surface area (Å²) in [7, 11) is 0. The van der Waals surface area contributed by atoms with Crippen molar-refractivity contribution in [2.45, 2.75) is 59.4 Å². The fraction of sp³-hybridized carbons (Fsp3) is 0.647. The SMILES string of the molecule is CCOC(=O)c1c(C)[nH]c(C(=O)N2CCCCC2CC)c1C. The Labute approximate surface area is 132 Å². The van der Waals surface area contributed by atoms with Crippen LogP contribution in [-0.4, -0.2) is 41.0 Å². The fourth-order valence-electron chi connectivity index (χ4n) is 3.31. The van der Waals surface area contributed by atoms with Crippen LogP contribution in [0.25, 0.3) is 0 Å². The average molecular weight is 306 g/mol. The van der Waals surface area contributed by atoms with Gasteiger partial charge in [-0.2, -0.15) is 0 Å². The van der Waals surface area contributed by atoms with Crippen molar-refractivity contribution in [1.82, 2.24) is 9.88 Å². The van der Waals surface area contributed by atoms with Crippen LogP contribution in [-0.2, 0) is 4.74 Å². The largest absolute Gasteiger partial charge is 0.462 e. The summed E-state index contributed by atoms with van der Waals surface area (Å²) < 4.78 is 5.09. The first-order valence-electron chi connectivity index (χ1n) is 8.18. The molecule has 0 radical (unpaired) electrons. The number of likely N-dealkylation sites (tertiary alicyclic amines) is 1. The number of esters is 1.